The van der Waals surface area contributed by atoms with E-state index in [9.17, 15) is 4.79 Å². The maximum Gasteiger partial charge on any atom is 0.263 e. The zero-order valence-corrected chi connectivity index (χ0v) is 12.5. The summed E-state index contributed by atoms with van der Waals surface area (Å²) in [5.74, 6) is 0.871. The van der Waals surface area contributed by atoms with Crippen LogP contribution in [-0.4, -0.2) is 43.2 Å². The van der Waals surface area contributed by atoms with Gasteiger partial charge >= 0.3 is 0 Å². The van der Waals surface area contributed by atoms with Crippen molar-refractivity contribution in [2.24, 2.45) is 0 Å². The minimum atomic E-state index is -0.409. The number of ether oxygens (including phenoxy) is 2. The lowest BCUT2D eigenvalue weighted by Crippen LogP contribution is -2.47. The molecule has 0 N–H and O–H groups in total. The standard InChI is InChI=1S/C16H23NO3/c1-4-14(16(18)17-7-9-19-10-8-17)20-15-11-12(2)5-6-13(15)3/h5-6,11,14H,4,7-10H2,1-3H3. The number of aryl methyl sites for hydroxylation is 2. The molecule has 1 aromatic carbocycles. The predicted molar refractivity (Wildman–Crippen MR) is 78.0 cm³/mol. The van der Waals surface area contributed by atoms with Gasteiger partial charge in [-0.2, -0.15) is 0 Å². The molecular weight excluding hydrogens is 254 g/mol. The van der Waals surface area contributed by atoms with Gasteiger partial charge in [0, 0.05) is 13.1 Å². The molecule has 0 radical (unpaired) electrons. The lowest BCUT2D eigenvalue weighted by molar-refractivity contribution is -0.143. The first-order valence-corrected chi connectivity index (χ1v) is 7.22. The highest BCUT2D eigenvalue weighted by molar-refractivity contribution is 5.81. The smallest absolute Gasteiger partial charge is 0.263 e. The van der Waals surface area contributed by atoms with Crippen LogP contribution in [0.15, 0.2) is 18.2 Å². The van der Waals surface area contributed by atoms with Crippen LogP contribution in [0.4, 0.5) is 0 Å². The fourth-order valence-electron chi connectivity index (χ4n) is 2.28. The highest BCUT2D eigenvalue weighted by Gasteiger charge is 2.26. The Morgan fingerprint density at radius 1 is 1.35 bits per heavy atom. The summed E-state index contributed by atoms with van der Waals surface area (Å²) >= 11 is 0. The van der Waals surface area contributed by atoms with Gasteiger partial charge in [-0.05, 0) is 37.5 Å². The minimum absolute atomic E-state index is 0.0664. The van der Waals surface area contributed by atoms with Crippen LogP contribution in [0.25, 0.3) is 0 Å². The van der Waals surface area contributed by atoms with Crippen molar-refractivity contribution in [2.75, 3.05) is 26.3 Å². The Morgan fingerprint density at radius 3 is 2.70 bits per heavy atom. The van der Waals surface area contributed by atoms with Gasteiger partial charge in [0.05, 0.1) is 13.2 Å². The van der Waals surface area contributed by atoms with E-state index in [2.05, 4.69) is 0 Å². The first-order chi connectivity index (χ1) is 9.61. The zero-order chi connectivity index (χ0) is 14.5. The second kappa shape index (κ2) is 6.75. The number of hydrogen-bond donors (Lipinski definition) is 0. The van der Waals surface area contributed by atoms with Crippen molar-refractivity contribution in [2.45, 2.75) is 33.3 Å². The molecule has 0 aromatic heterocycles. The van der Waals surface area contributed by atoms with Gasteiger partial charge in [0.25, 0.3) is 5.91 Å². The Morgan fingerprint density at radius 2 is 2.05 bits per heavy atom. The number of rotatable bonds is 4. The Kier molecular flexibility index (Phi) is 5.01. The van der Waals surface area contributed by atoms with E-state index in [1.165, 1.54) is 0 Å². The molecule has 1 heterocycles. The number of carbonyl (C=O) groups is 1. The Labute approximate surface area is 120 Å². The molecule has 0 saturated carbocycles. The SMILES string of the molecule is CCC(Oc1cc(C)ccc1C)C(=O)N1CCOCC1. The van der Waals surface area contributed by atoms with Crippen molar-refractivity contribution < 1.29 is 14.3 Å². The van der Waals surface area contributed by atoms with Crippen molar-refractivity contribution in [3.8, 4) is 5.75 Å². The third-order valence-electron chi connectivity index (χ3n) is 3.58. The van der Waals surface area contributed by atoms with Gasteiger partial charge < -0.3 is 14.4 Å². The Bertz CT molecular complexity index is 467. The van der Waals surface area contributed by atoms with Gasteiger partial charge in [0.2, 0.25) is 0 Å². The second-order valence-corrected chi connectivity index (χ2v) is 5.22. The topological polar surface area (TPSA) is 38.8 Å². The molecular formula is C16H23NO3. The summed E-state index contributed by atoms with van der Waals surface area (Å²) in [7, 11) is 0. The monoisotopic (exact) mass is 277 g/mol. The summed E-state index contributed by atoms with van der Waals surface area (Å²) in [4.78, 5) is 14.3. The van der Waals surface area contributed by atoms with Crippen molar-refractivity contribution >= 4 is 5.91 Å². The first kappa shape index (κ1) is 14.9. The van der Waals surface area contributed by atoms with Crippen molar-refractivity contribution in [1.82, 2.24) is 4.90 Å². The Balaban J connectivity index is 2.07. The molecule has 2 rings (SSSR count). The van der Waals surface area contributed by atoms with Crippen LogP contribution >= 0.6 is 0 Å². The van der Waals surface area contributed by atoms with E-state index in [-0.39, 0.29) is 5.91 Å². The van der Waals surface area contributed by atoms with Crippen LogP contribution in [0.2, 0.25) is 0 Å². The number of nitrogens with zero attached hydrogens (tertiary/aromatic N) is 1. The third kappa shape index (κ3) is 3.51. The highest BCUT2D eigenvalue weighted by atomic mass is 16.5. The molecule has 1 aliphatic rings. The van der Waals surface area contributed by atoms with E-state index >= 15 is 0 Å². The minimum Gasteiger partial charge on any atom is -0.480 e. The average Bonchev–Trinajstić information content (AvgIpc) is 2.48. The van der Waals surface area contributed by atoms with Crippen LogP contribution in [0.5, 0.6) is 5.75 Å². The fraction of sp³-hybridized carbons (Fsp3) is 0.562. The summed E-state index contributed by atoms with van der Waals surface area (Å²) < 4.78 is 11.2. The van der Waals surface area contributed by atoms with Gasteiger partial charge in [0.1, 0.15) is 5.75 Å². The largest absolute Gasteiger partial charge is 0.480 e. The predicted octanol–water partition coefficient (Wildman–Crippen LogP) is 2.32. The normalized spacial score (nSPS) is 16.9. The maximum atomic E-state index is 12.5. The zero-order valence-electron chi connectivity index (χ0n) is 12.5. The van der Waals surface area contributed by atoms with E-state index in [0.29, 0.717) is 32.7 Å². The summed E-state index contributed by atoms with van der Waals surface area (Å²) in [6.07, 6.45) is 0.262. The van der Waals surface area contributed by atoms with E-state index in [0.717, 1.165) is 16.9 Å². The van der Waals surface area contributed by atoms with Crippen LogP contribution in [0.3, 0.4) is 0 Å². The van der Waals surface area contributed by atoms with Gasteiger partial charge in [-0.15, -0.1) is 0 Å². The van der Waals surface area contributed by atoms with Crippen molar-refractivity contribution in [1.29, 1.82) is 0 Å². The molecule has 0 bridgehead atoms. The second-order valence-electron chi connectivity index (χ2n) is 5.22. The van der Waals surface area contributed by atoms with Gasteiger partial charge in [-0.3, -0.25) is 4.79 Å². The van der Waals surface area contributed by atoms with E-state index in [4.69, 9.17) is 9.47 Å². The molecule has 1 amide bonds. The summed E-state index contributed by atoms with van der Waals surface area (Å²) in [6, 6.07) is 6.06. The molecule has 1 fully saturated rings. The van der Waals surface area contributed by atoms with Gasteiger partial charge in [-0.1, -0.05) is 19.1 Å². The summed E-state index contributed by atoms with van der Waals surface area (Å²) in [6.45, 7) is 8.56. The third-order valence-corrected chi connectivity index (χ3v) is 3.58. The first-order valence-electron chi connectivity index (χ1n) is 7.22. The number of hydrogen-bond acceptors (Lipinski definition) is 3. The maximum absolute atomic E-state index is 12.5. The van der Waals surface area contributed by atoms with Crippen LogP contribution in [0.1, 0.15) is 24.5 Å². The molecule has 20 heavy (non-hydrogen) atoms. The number of morpholine rings is 1. The van der Waals surface area contributed by atoms with Gasteiger partial charge in [0.15, 0.2) is 6.10 Å². The summed E-state index contributed by atoms with van der Waals surface area (Å²) in [5, 5.41) is 0. The molecule has 0 aliphatic carbocycles. The fourth-order valence-corrected chi connectivity index (χ4v) is 2.28. The molecule has 1 aliphatic heterocycles. The van der Waals surface area contributed by atoms with Crippen LogP contribution in [-0.2, 0) is 9.53 Å². The lowest BCUT2D eigenvalue weighted by Gasteiger charge is -2.30. The number of carbonyl (C=O) groups excluding carboxylic acids is 1. The molecule has 110 valence electrons. The highest BCUT2D eigenvalue weighted by Crippen LogP contribution is 2.22. The Hall–Kier alpha value is -1.55. The number of benzene rings is 1. The average molecular weight is 277 g/mol. The molecule has 1 atom stereocenters. The summed E-state index contributed by atoms with van der Waals surface area (Å²) in [5.41, 5.74) is 2.20. The molecule has 0 spiro atoms. The van der Waals surface area contributed by atoms with Crippen LogP contribution in [0, 0.1) is 13.8 Å². The number of amides is 1. The molecule has 1 aromatic rings. The van der Waals surface area contributed by atoms with Gasteiger partial charge in [-0.25, -0.2) is 0 Å². The molecule has 1 unspecified atom stereocenters. The molecule has 4 nitrogen and oxygen atoms in total. The van der Waals surface area contributed by atoms with E-state index in [1.54, 1.807) is 0 Å². The lowest BCUT2D eigenvalue weighted by atomic mass is 10.1. The van der Waals surface area contributed by atoms with Crippen molar-refractivity contribution in [3.05, 3.63) is 29.3 Å². The van der Waals surface area contributed by atoms with Crippen LogP contribution < -0.4 is 4.74 Å². The van der Waals surface area contributed by atoms with E-state index < -0.39 is 6.10 Å². The molecule has 4 heteroatoms. The van der Waals surface area contributed by atoms with Crippen molar-refractivity contribution in [3.63, 3.8) is 0 Å². The molecule has 1 saturated heterocycles. The quantitative estimate of drug-likeness (QED) is 0.848. The van der Waals surface area contributed by atoms with E-state index in [1.807, 2.05) is 43.9 Å².